The van der Waals surface area contributed by atoms with Crippen LogP contribution in [-0.2, 0) is 4.74 Å². The van der Waals surface area contributed by atoms with E-state index < -0.39 is 0 Å². The van der Waals surface area contributed by atoms with Gasteiger partial charge < -0.3 is 9.64 Å². The third-order valence-corrected chi connectivity index (χ3v) is 6.96. The summed E-state index contributed by atoms with van der Waals surface area (Å²) in [5, 5.41) is 12.2. The second-order valence-electron chi connectivity index (χ2n) is 9.15. The number of thioether (sulfide) groups is 1. The number of rotatable bonds is 8. The topological polar surface area (TPSA) is 68.0 Å². The van der Waals surface area contributed by atoms with Crippen molar-refractivity contribution >= 4 is 28.3 Å². The number of amidine groups is 1. The summed E-state index contributed by atoms with van der Waals surface area (Å²) in [5.74, 6) is 1.53. The zero-order valence-electron chi connectivity index (χ0n) is 19.7. The summed E-state index contributed by atoms with van der Waals surface area (Å²) in [5.41, 5.74) is 2.30. The SMILES string of the molecule is CCC(CC)CN1C(=Nc2ccc([N+](=O)[O-])c(C)c2C)SCC1C(C)OC(C)(C)C. The highest BCUT2D eigenvalue weighted by Gasteiger charge is 2.37. The maximum atomic E-state index is 11.2. The first-order valence-corrected chi connectivity index (χ1v) is 11.9. The molecule has 0 aliphatic carbocycles. The van der Waals surface area contributed by atoms with Crippen LogP contribution < -0.4 is 0 Å². The Hall–Kier alpha value is -1.60. The van der Waals surface area contributed by atoms with Crippen molar-refractivity contribution in [1.29, 1.82) is 0 Å². The van der Waals surface area contributed by atoms with Gasteiger partial charge in [0.1, 0.15) is 0 Å². The molecule has 7 heteroatoms. The van der Waals surface area contributed by atoms with Crippen molar-refractivity contribution in [1.82, 2.24) is 4.90 Å². The van der Waals surface area contributed by atoms with E-state index in [-0.39, 0.29) is 28.4 Å². The summed E-state index contributed by atoms with van der Waals surface area (Å²) >= 11 is 1.76. The molecule has 1 aliphatic rings. The van der Waals surface area contributed by atoms with Crippen molar-refractivity contribution in [3.05, 3.63) is 33.4 Å². The van der Waals surface area contributed by atoms with Gasteiger partial charge in [-0.3, -0.25) is 10.1 Å². The number of ether oxygens (including phenoxy) is 1. The van der Waals surface area contributed by atoms with Crippen LogP contribution in [0.1, 0.15) is 65.5 Å². The summed E-state index contributed by atoms with van der Waals surface area (Å²) in [6.07, 6.45) is 2.34. The number of nitro groups is 1. The van der Waals surface area contributed by atoms with E-state index in [1.807, 2.05) is 6.92 Å². The fourth-order valence-corrected chi connectivity index (χ4v) is 5.16. The van der Waals surface area contributed by atoms with E-state index in [1.54, 1.807) is 30.8 Å². The first kappa shape index (κ1) is 24.7. The predicted octanol–water partition coefficient (Wildman–Crippen LogP) is 6.26. The molecule has 0 bridgehead atoms. The van der Waals surface area contributed by atoms with E-state index in [4.69, 9.17) is 9.73 Å². The zero-order chi connectivity index (χ0) is 22.6. The van der Waals surface area contributed by atoms with Gasteiger partial charge in [-0.2, -0.15) is 0 Å². The molecule has 0 saturated carbocycles. The third-order valence-electron chi connectivity index (χ3n) is 5.86. The molecule has 0 amide bonds. The van der Waals surface area contributed by atoms with Gasteiger partial charge in [0.05, 0.1) is 28.4 Å². The van der Waals surface area contributed by atoms with Crippen molar-refractivity contribution in [2.75, 3.05) is 12.3 Å². The van der Waals surface area contributed by atoms with Gasteiger partial charge in [0.25, 0.3) is 5.69 Å². The zero-order valence-corrected chi connectivity index (χ0v) is 20.5. The van der Waals surface area contributed by atoms with Crippen molar-refractivity contribution in [3.8, 4) is 0 Å². The molecule has 0 radical (unpaired) electrons. The lowest BCUT2D eigenvalue weighted by molar-refractivity contribution is -0.385. The Kier molecular flexibility index (Phi) is 8.34. The molecule has 30 heavy (non-hydrogen) atoms. The average Bonchev–Trinajstić information content (AvgIpc) is 3.04. The Balaban J connectivity index is 2.39. The third kappa shape index (κ3) is 5.97. The molecule has 1 aromatic carbocycles. The van der Waals surface area contributed by atoms with Crippen molar-refractivity contribution < 1.29 is 9.66 Å². The van der Waals surface area contributed by atoms with Gasteiger partial charge in [0.2, 0.25) is 0 Å². The molecule has 1 fully saturated rings. The first-order valence-electron chi connectivity index (χ1n) is 10.9. The van der Waals surface area contributed by atoms with Gasteiger partial charge in [-0.25, -0.2) is 4.99 Å². The number of nitrogens with zero attached hydrogens (tertiary/aromatic N) is 3. The standard InChI is InChI=1S/C23H37N3O3S/c1-9-18(10-2)13-25-21(17(5)29-23(6,7)8)14-30-22(25)24-19-11-12-20(26(27)28)16(4)15(19)3/h11-12,17-18,21H,9-10,13-14H2,1-8H3. The van der Waals surface area contributed by atoms with E-state index in [1.165, 1.54) is 0 Å². The summed E-state index contributed by atoms with van der Waals surface area (Å²) in [7, 11) is 0. The second-order valence-corrected chi connectivity index (χ2v) is 10.1. The van der Waals surface area contributed by atoms with Gasteiger partial charge in [-0.1, -0.05) is 38.5 Å². The van der Waals surface area contributed by atoms with E-state index in [9.17, 15) is 10.1 Å². The van der Waals surface area contributed by atoms with Gasteiger partial charge in [-0.05, 0) is 59.1 Å². The minimum Gasteiger partial charge on any atom is -0.371 e. The highest BCUT2D eigenvalue weighted by molar-refractivity contribution is 8.14. The molecular weight excluding hydrogens is 398 g/mol. The van der Waals surface area contributed by atoms with Crippen LogP contribution in [0.15, 0.2) is 17.1 Å². The molecule has 0 N–H and O–H groups in total. The van der Waals surface area contributed by atoms with E-state index in [0.29, 0.717) is 11.5 Å². The fourth-order valence-electron chi connectivity index (χ4n) is 3.85. The molecule has 1 aliphatic heterocycles. The van der Waals surface area contributed by atoms with Crippen LogP contribution in [-0.4, -0.2) is 45.0 Å². The molecule has 0 aromatic heterocycles. The largest absolute Gasteiger partial charge is 0.371 e. The number of hydrogen-bond donors (Lipinski definition) is 0. The Bertz CT molecular complexity index is 785. The van der Waals surface area contributed by atoms with Crippen molar-refractivity contribution in [2.45, 2.75) is 86.0 Å². The van der Waals surface area contributed by atoms with Gasteiger partial charge in [-0.15, -0.1) is 0 Å². The monoisotopic (exact) mass is 435 g/mol. The van der Waals surface area contributed by atoms with Crippen LogP contribution in [0.3, 0.4) is 0 Å². The first-order chi connectivity index (χ1) is 14.0. The lowest BCUT2D eigenvalue weighted by Crippen LogP contribution is -2.46. The summed E-state index contributed by atoms with van der Waals surface area (Å²) < 4.78 is 6.30. The molecule has 6 nitrogen and oxygen atoms in total. The minimum atomic E-state index is -0.329. The molecule has 1 heterocycles. The van der Waals surface area contributed by atoms with Crippen LogP contribution in [0.25, 0.3) is 0 Å². The van der Waals surface area contributed by atoms with Crippen molar-refractivity contribution in [3.63, 3.8) is 0 Å². The summed E-state index contributed by atoms with van der Waals surface area (Å²) in [6, 6.07) is 3.59. The quantitative estimate of drug-likeness (QED) is 0.356. The van der Waals surface area contributed by atoms with Crippen LogP contribution in [0, 0.1) is 29.9 Å². The molecule has 168 valence electrons. The number of aliphatic imine (C=N–C) groups is 1. The smallest absolute Gasteiger partial charge is 0.272 e. The molecule has 1 saturated heterocycles. The van der Waals surface area contributed by atoms with E-state index in [0.717, 1.165) is 41.6 Å². The normalized spacial score (nSPS) is 19.7. The van der Waals surface area contributed by atoms with Crippen LogP contribution >= 0.6 is 11.8 Å². The summed E-state index contributed by atoms with van der Waals surface area (Å²) in [6.45, 7) is 17.6. The fraction of sp³-hybridized carbons (Fsp3) is 0.696. The molecule has 2 atom stereocenters. The van der Waals surface area contributed by atoms with Gasteiger partial charge in [0, 0.05) is 23.9 Å². The molecule has 0 spiro atoms. The summed E-state index contributed by atoms with van der Waals surface area (Å²) in [4.78, 5) is 18.3. The highest BCUT2D eigenvalue weighted by Crippen LogP contribution is 2.35. The Morgan fingerprint density at radius 1 is 1.27 bits per heavy atom. The van der Waals surface area contributed by atoms with Crippen molar-refractivity contribution in [2.24, 2.45) is 10.9 Å². The van der Waals surface area contributed by atoms with Crippen LogP contribution in [0.5, 0.6) is 0 Å². The minimum absolute atomic E-state index is 0.0826. The Morgan fingerprint density at radius 3 is 2.43 bits per heavy atom. The van der Waals surface area contributed by atoms with E-state index in [2.05, 4.69) is 46.4 Å². The lowest BCUT2D eigenvalue weighted by atomic mass is 10.0. The van der Waals surface area contributed by atoms with E-state index >= 15 is 0 Å². The predicted molar refractivity (Wildman–Crippen MR) is 127 cm³/mol. The average molecular weight is 436 g/mol. The molecule has 1 aromatic rings. The second kappa shape index (κ2) is 10.1. The van der Waals surface area contributed by atoms with Crippen LogP contribution in [0.4, 0.5) is 11.4 Å². The maximum absolute atomic E-state index is 11.2. The maximum Gasteiger partial charge on any atom is 0.272 e. The number of hydrogen-bond acceptors (Lipinski definition) is 5. The Morgan fingerprint density at radius 2 is 1.90 bits per heavy atom. The molecule has 2 unspecified atom stereocenters. The molecule has 2 rings (SSSR count). The van der Waals surface area contributed by atoms with Gasteiger partial charge >= 0.3 is 0 Å². The number of benzene rings is 1. The molecular formula is C23H37N3O3S. The van der Waals surface area contributed by atoms with Crippen LogP contribution in [0.2, 0.25) is 0 Å². The van der Waals surface area contributed by atoms with Gasteiger partial charge in [0.15, 0.2) is 5.17 Å². The Labute approximate surface area is 185 Å². The highest BCUT2D eigenvalue weighted by atomic mass is 32.2. The number of nitro benzene ring substituents is 1. The lowest BCUT2D eigenvalue weighted by Gasteiger charge is -2.36.